The van der Waals surface area contributed by atoms with Gasteiger partial charge in [0.15, 0.2) is 11.5 Å². The zero-order valence-corrected chi connectivity index (χ0v) is 18.3. The molecular weight excluding hydrogens is 478 g/mol. The summed E-state index contributed by atoms with van der Waals surface area (Å²) in [6.07, 6.45) is -1.65. The van der Waals surface area contributed by atoms with Crippen LogP contribution in [0.4, 0.5) is 23.2 Å². The van der Waals surface area contributed by atoms with Crippen LogP contribution in [-0.2, 0) is 11.0 Å². The summed E-state index contributed by atoms with van der Waals surface area (Å²) in [5.74, 6) is -0.558. The van der Waals surface area contributed by atoms with Gasteiger partial charge in [-0.1, -0.05) is 17.7 Å². The summed E-state index contributed by atoms with van der Waals surface area (Å²) in [5.41, 5.74) is 0.00357. The van der Waals surface area contributed by atoms with Crippen LogP contribution in [0, 0.1) is 12.7 Å². The quantitative estimate of drug-likeness (QED) is 0.356. The highest BCUT2D eigenvalue weighted by Crippen LogP contribution is 2.40. The Morgan fingerprint density at radius 1 is 1.21 bits per heavy atom. The van der Waals surface area contributed by atoms with E-state index < -0.39 is 34.7 Å². The highest BCUT2D eigenvalue weighted by molar-refractivity contribution is 6.32. The second kappa shape index (κ2) is 8.01. The lowest BCUT2D eigenvalue weighted by Crippen LogP contribution is -2.29. The maximum absolute atomic E-state index is 13.9. The van der Waals surface area contributed by atoms with E-state index in [9.17, 15) is 22.4 Å². The molecule has 12 heteroatoms. The van der Waals surface area contributed by atoms with E-state index in [0.717, 1.165) is 4.68 Å². The Balaban J connectivity index is 1.56. The Kier molecular flexibility index (Phi) is 5.23. The molecule has 1 saturated heterocycles. The van der Waals surface area contributed by atoms with Crippen LogP contribution in [0.15, 0.2) is 53.3 Å². The van der Waals surface area contributed by atoms with Gasteiger partial charge in [0.25, 0.3) is 5.91 Å². The van der Waals surface area contributed by atoms with Crippen molar-refractivity contribution >= 4 is 23.2 Å². The lowest BCUT2D eigenvalue weighted by Gasteiger charge is -2.18. The van der Waals surface area contributed by atoms with Gasteiger partial charge in [-0.05, 0) is 43.7 Å². The van der Waals surface area contributed by atoms with E-state index in [1.54, 1.807) is 18.2 Å². The van der Waals surface area contributed by atoms with Crippen molar-refractivity contribution in [1.29, 1.82) is 0 Å². The number of anilines is 1. The molecule has 4 heterocycles. The van der Waals surface area contributed by atoms with Gasteiger partial charge in [0.05, 0.1) is 34.6 Å². The molecule has 0 saturated carbocycles. The predicted octanol–water partition coefficient (Wildman–Crippen LogP) is 5.43. The van der Waals surface area contributed by atoms with Crippen molar-refractivity contribution in [3.63, 3.8) is 0 Å². The lowest BCUT2D eigenvalue weighted by molar-refractivity contribution is -0.141. The fourth-order valence-electron chi connectivity index (χ4n) is 4.10. The minimum absolute atomic E-state index is 0.0518. The first kappa shape index (κ1) is 22.2. The number of nitrogens with zero attached hydrogens (tertiary/aromatic N) is 5. The number of hydrogen-bond donors (Lipinski definition) is 0. The zero-order chi connectivity index (χ0) is 24.2. The number of furan rings is 1. The Morgan fingerprint density at radius 3 is 2.65 bits per heavy atom. The number of alkyl halides is 3. The number of carbonyl (C=O) groups excluding carboxylic acids is 1. The summed E-state index contributed by atoms with van der Waals surface area (Å²) >= 11 is 5.87. The van der Waals surface area contributed by atoms with Crippen molar-refractivity contribution in [3.05, 3.63) is 71.1 Å². The first-order valence-electron chi connectivity index (χ1n) is 10.2. The fraction of sp³-hybridized carbons (Fsp3) is 0.227. The largest absolute Gasteiger partial charge is 0.463 e. The first-order chi connectivity index (χ1) is 16.2. The van der Waals surface area contributed by atoms with Gasteiger partial charge in [-0.3, -0.25) is 9.48 Å². The van der Waals surface area contributed by atoms with Crippen molar-refractivity contribution in [2.75, 3.05) is 11.4 Å². The van der Waals surface area contributed by atoms with Crippen molar-refractivity contribution in [2.45, 2.75) is 25.6 Å². The Morgan fingerprint density at radius 2 is 2.00 bits per heavy atom. The summed E-state index contributed by atoms with van der Waals surface area (Å²) in [6, 6.07) is 8.10. The van der Waals surface area contributed by atoms with Crippen molar-refractivity contribution < 1.29 is 26.8 Å². The molecule has 3 aromatic heterocycles. The highest BCUT2D eigenvalue weighted by atomic mass is 35.5. The number of hydrogen-bond acceptors (Lipinski definition) is 4. The summed E-state index contributed by atoms with van der Waals surface area (Å²) in [5, 5.41) is 7.41. The minimum Gasteiger partial charge on any atom is -0.463 e. The SMILES string of the molecule is Cc1c(Cl)c(C(F)(F)F)nn1C1CCN(c2cnn(-c3cccc(F)c3)c2-c2ccco2)C1=O. The Labute approximate surface area is 195 Å². The number of benzene rings is 1. The third-order valence-electron chi connectivity index (χ3n) is 5.67. The molecule has 1 aliphatic heterocycles. The first-order valence-corrected chi connectivity index (χ1v) is 10.6. The third-order valence-corrected chi connectivity index (χ3v) is 6.12. The van der Waals surface area contributed by atoms with Crippen molar-refractivity contribution in [3.8, 4) is 17.1 Å². The molecule has 1 fully saturated rings. The third kappa shape index (κ3) is 3.56. The molecule has 1 unspecified atom stereocenters. The molecule has 7 nitrogen and oxygen atoms in total. The number of halogens is 5. The minimum atomic E-state index is -4.74. The number of rotatable bonds is 4. The van der Waals surface area contributed by atoms with Gasteiger partial charge in [0.1, 0.15) is 17.6 Å². The van der Waals surface area contributed by atoms with Gasteiger partial charge in [-0.25, -0.2) is 9.07 Å². The second-order valence-electron chi connectivity index (χ2n) is 7.73. The molecule has 1 amide bonds. The number of aromatic nitrogens is 4. The summed E-state index contributed by atoms with van der Waals surface area (Å²) in [6.45, 7) is 1.58. The van der Waals surface area contributed by atoms with Gasteiger partial charge < -0.3 is 9.32 Å². The van der Waals surface area contributed by atoms with E-state index >= 15 is 0 Å². The fourth-order valence-corrected chi connectivity index (χ4v) is 4.33. The predicted molar refractivity (Wildman–Crippen MR) is 114 cm³/mol. The molecule has 0 radical (unpaired) electrons. The number of carbonyl (C=O) groups is 1. The smallest absolute Gasteiger partial charge is 0.436 e. The van der Waals surface area contributed by atoms with E-state index in [1.165, 1.54) is 47.2 Å². The Bertz CT molecular complexity index is 1380. The standard InChI is InChI=1S/C22H16ClF4N5O2/c1-12-18(23)20(22(25,26)27)29-31(12)15-7-8-30(21(15)33)16-11-28-32(14-5-2-4-13(24)10-14)19(16)17-6-3-9-34-17/h2-6,9-11,15H,7-8H2,1H3. The van der Waals surface area contributed by atoms with Crippen LogP contribution < -0.4 is 4.90 Å². The summed E-state index contributed by atoms with van der Waals surface area (Å²) < 4.78 is 61.7. The van der Waals surface area contributed by atoms with Gasteiger partial charge in [-0.15, -0.1) is 0 Å². The molecule has 5 rings (SSSR count). The Hall–Kier alpha value is -3.60. The maximum atomic E-state index is 13.9. The van der Waals surface area contributed by atoms with E-state index in [4.69, 9.17) is 16.0 Å². The summed E-state index contributed by atoms with van der Waals surface area (Å²) in [4.78, 5) is 14.8. The van der Waals surface area contributed by atoms with E-state index in [0.29, 0.717) is 22.8 Å². The monoisotopic (exact) mass is 493 g/mol. The van der Waals surface area contributed by atoms with Crippen molar-refractivity contribution in [1.82, 2.24) is 19.6 Å². The van der Waals surface area contributed by atoms with Crippen LogP contribution in [0.3, 0.4) is 0 Å². The topological polar surface area (TPSA) is 69.1 Å². The number of amides is 1. The molecule has 1 aromatic carbocycles. The molecule has 1 atom stereocenters. The van der Waals surface area contributed by atoms with Crippen LogP contribution >= 0.6 is 11.6 Å². The van der Waals surface area contributed by atoms with Crippen LogP contribution in [-0.4, -0.2) is 32.0 Å². The van der Waals surface area contributed by atoms with Crippen LogP contribution in [0.2, 0.25) is 5.02 Å². The van der Waals surface area contributed by atoms with Crippen molar-refractivity contribution in [2.24, 2.45) is 0 Å². The molecule has 176 valence electrons. The highest BCUT2D eigenvalue weighted by Gasteiger charge is 2.42. The van der Waals surface area contributed by atoms with Gasteiger partial charge >= 0.3 is 6.18 Å². The van der Waals surface area contributed by atoms with E-state index in [2.05, 4.69) is 10.2 Å². The average molecular weight is 494 g/mol. The van der Waals surface area contributed by atoms with Crippen LogP contribution in [0.25, 0.3) is 17.1 Å². The maximum Gasteiger partial charge on any atom is 0.436 e. The molecule has 34 heavy (non-hydrogen) atoms. The van der Waals surface area contributed by atoms with E-state index in [-0.39, 0.29) is 18.7 Å². The van der Waals surface area contributed by atoms with E-state index in [1.807, 2.05) is 0 Å². The molecule has 0 aliphatic carbocycles. The van der Waals surface area contributed by atoms with Gasteiger partial charge in [-0.2, -0.15) is 23.4 Å². The van der Waals surface area contributed by atoms with Gasteiger partial charge in [0, 0.05) is 6.54 Å². The normalized spacial score (nSPS) is 16.6. The van der Waals surface area contributed by atoms with Crippen LogP contribution in [0.5, 0.6) is 0 Å². The molecule has 0 spiro atoms. The lowest BCUT2D eigenvalue weighted by atomic mass is 10.2. The molecular formula is C22H16ClF4N5O2. The molecule has 1 aliphatic rings. The summed E-state index contributed by atoms with van der Waals surface area (Å²) in [7, 11) is 0. The van der Waals surface area contributed by atoms with Crippen LogP contribution in [0.1, 0.15) is 23.9 Å². The second-order valence-corrected chi connectivity index (χ2v) is 8.11. The molecule has 0 N–H and O–H groups in total. The van der Waals surface area contributed by atoms with Gasteiger partial charge in [0.2, 0.25) is 0 Å². The zero-order valence-electron chi connectivity index (χ0n) is 17.6. The molecule has 0 bridgehead atoms. The average Bonchev–Trinajstić information content (AvgIpc) is 3.55. The molecule has 4 aromatic rings.